The lowest BCUT2D eigenvalue weighted by molar-refractivity contribution is -0.145. The van der Waals surface area contributed by atoms with E-state index in [1.807, 2.05) is 32.9 Å². The van der Waals surface area contributed by atoms with E-state index in [2.05, 4.69) is 15.0 Å². The van der Waals surface area contributed by atoms with Gasteiger partial charge in [-0.05, 0) is 18.6 Å². The molecule has 0 saturated carbocycles. The number of hydrogen-bond donors (Lipinski definition) is 0. The molecule has 4 rings (SSSR count). The highest BCUT2D eigenvalue weighted by Crippen LogP contribution is 2.38. The number of likely N-dealkylation sites (tertiary alicyclic amines) is 1. The SMILES string of the molecule is Cc1cc(OCC2CN(C(=O)[C@H]3CC(=O)N(C)[C@@H]3c3cccnc3)CCO2)nc(C(C)C)n1. The molecule has 1 unspecified atom stereocenters. The van der Waals surface area contributed by atoms with E-state index >= 15 is 0 Å². The molecule has 9 nitrogen and oxygen atoms in total. The van der Waals surface area contributed by atoms with Gasteiger partial charge < -0.3 is 19.3 Å². The van der Waals surface area contributed by atoms with Crippen LogP contribution in [-0.2, 0) is 14.3 Å². The summed E-state index contributed by atoms with van der Waals surface area (Å²) in [5.41, 5.74) is 1.72. The van der Waals surface area contributed by atoms with Crippen LogP contribution in [0.5, 0.6) is 5.88 Å². The van der Waals surface area contributed by atoms with Crippen LogP contribution in [-0.4, -0.2) is 76.0 Å². The molecule has 2 aliphatic heterocycles. The number of aryl methyl sites for hydroxylation is 1. The number of carbonyl (C=O) groups is 2. The van der Waals surface area contributed by atoms with E-state index in [-0.39, 0.29) is 42.9 Å². The normalized spacial score (nSPS) is 23.3. The lowest BCUT2D eigenvalue weighted by atomic mass is 9.93. The molecule has 2 aliphatic rings. The monoisotopic (exact) mass is 453 g/mol. The third-order valence-electron chi connectivity index (χ3n) is 6.16. The van der Waals surface area contributed by atoms with Crippen LogP contribution in [0, 0.1) is 12.8 Å². The Hall–Kier alpha value is -3.07. The van der Waals surface area contributed by atoms with Crippen molar-refractivity contribution in [2.24, 2.45) is 5.92 Å². The average molecular weight is 454 g/mol. The Morgan fingerprint density at radius 3 is 2.88 bits per heavy atom. The Kier molecular flexibility index (Phi) is 6.88. The average Bonchev–Trinajstić information content (AvgIpc) is 3.11. The highest BCUT2D eigenvalue weighted by atomic mass is 16.5. The molecule has 2 amide bonds. The summed E-state index contributed by atoms with van der Waals surface area (Å²) >= 11 is 0. The summed E-state index contributed by atoms with van der Waals surface area (Å²) in [6, 6.07) is 5.23. The van der Waals surface area contributed by atoms with Gasteiger partial charge in [-0.2, -0.15) is 4.98 Å². The van der Waals surface area contributed by atoms with E-state index in [1.54, 1.807) is 35.3 Å². The number of nitrogens with zero attached hydrogens (tertiary/aromatic N) is 5. The van der Waals surface area contributed by atoms with Crippen molar-refractivity contribution in [3.63, 3.8) is 0 Å². The van der Waals surface area contributed by atoms with Gasteiger partial charge in [0.1, 0.15) is 18.5 Å². The van der Waals surface area contributed by atoms with Crippen LogP contribution >= 0.6 is 0 Å². The van der Waals surface area contributed by atoms with Gasteiger partial charge >= 0.3 is 0 Å². The second-order valence-corrected chi connectivity index (χ2v) is 8.99. The van der Waals surface area contributed by atoms with Crippen molar-refractivity contribution in [1.82, 2.24) is 24.8 Å². The van der Waals surface area contributed by atoms with E-state index in [9.17, 15) is 9.59 Å². The Balaban J connectivity index is 1.42. The van der Waals surface area contributed by atoms with Gasteiger partial charge in [0.15, 0.2) is 0 Å². The molecule has 176 valence electrons. The van der Waals surface area contributed by atoms with E-state index < -0.39 is 5.92 Å². The van der Waals surface area contributed by atoms with Crippen molar-refractivity contribution in [1.29, 1.82) is 0 Å². The van der Waals surface area contributed by atoms with Gasteiger partial charge in [-0.15, -0.1) is 0 Å². The number of amides is 2. The smallest absolute Gasteiger partial charge is 0.228 e. The number of carbonyl (C=O) groups excluding carboxylic acids is 2. The van der Waals surface area contributed by atoms with Crippen LogP contribution in [0.2, 0.25) is 0 Å². The Bertz CT molecular complexity index is 1000. The van der Waals surface area contributed by atoms with Crippen molar-refractivity contribution < 1.29 is 19.1 Å². The van der Waals surface area contributed by atoms with Crippen LogP contribution in [0.25, 0.3) is 0 Å². The Morgan fingerprint density at radius 2 is 2.15 bits per heavy atom. The van der Waals surface area contributed by atoms with E-state index in [4.69, 9.17) is 9.47 Å². The molecular weight excluding hydrogens is 422 g/mol. The summed E-state index contributed by atoms with van der Waals surface area (Å²) in [6.45, 7) is 7.60. The number of ether oxygens (including phenoxy) is 2. The van der Waals surface area contributed by atoms with E-state index in [0.29, 0.717) is 25.6 Å². The quantitative estimate of drug-likeness (QED) is 0.661. The molecule has 2 saturated heterocycles. The van der Waals surface area contributed by atoms with E-state index in [0.717, 1.165) is 17.1 Å². The third-order valence-corrected chi connectivity index (χ3v) is 6.16. The summed E-state index contributed by atoms with van der Waals surface area (Å²) in [5.74, 6) is 0.946. The molecule has 4 heterocycles. The summed E-state index contributed by atoms with van der Waals surface area (Å²) in [5, 5.41) is 0. The van der Waals surface area contributed by atoms with Gasteiger partial charge in [-0.1, -0.05) is 19.9 Å². The number of pyridine rings is 1. The van der Waals surface area contributed by atoms with Crippen LogP contribution in [0.4, 0.5) is 0 Å². The molecule has 33 heavy (non-hydrogen) atoms. The molecule has 0 radical (unpaired) electrons. The first kappa shape index (κ1) is 23.1. The molecule has 0 aliphatic carbocycles. The fourth-order valence-corrected chi connectivity index (χ4v) is 4.43. The predicted octanol–water partition coefficient (Wildman–Crippen LogP) is 2.13. The summed E-state index contributed by atoms with van der Waals surface area (Å²) in [6.07, 6.45) is 3.34. The van der Waals surface area contributed by atoms with Gasteiger partial charge in [-0.25, -0.2) is 4.98 Å². The molecular formula is C24H31N5O4. The van der Waals surface area contributed by atoms with Crippen LogP contribution in [0.3, 0.4) is 0 Å². The van der Waals surface area contributed by atoms with Crippen LogP contribution < -0.4 is 4.74 Å². The van der Waals surface area contributed by atoms with Gasteiger partial charge in [0.25, 0.3) is 0 Å². The number of morpholine rings is 1. The minimum atomic E-state index is -0.440. The summed E-state index contributed by atoms with van der Waals surface area (Å²) in [7, 11) is 1.75. The lowest BCUT2D eigenvalue weighted by Gasteiger charge is -2.35. The van der Waals surface area contributed by atoms with Gasteiger partial charge in [-0.3, -0.25) is 14.6 Å². The van der Waals surface area contributed by atoms with Crippen molar-refractivity contribution >= 4 is 11.8 Å². The minimum Gasteiger partial charge on any atom is -0.475 e. The molecule has 9 heteroatoms. The maximum Gasteiger partial charge on any atom is 0.228 e. The number of rotatable bonds is 6. The predicted molar refractivity (Wildman–Crippen MR) is 121 cm³/mol. The first-order valence-electron chi connectivity index (χ1n) is 11.4. The van der Waals surface area contributed by atoms with Crippen molar-refractivity contribution in [2.75, 3.05) is 33.4 Å². The van der Waals surface area contributed by atoms with Gasteiger partial charge in [0, 0.05) is 50.1 Å². The second-order valence-electron chi connectivity index (χ2n) is 8.99. The zero-order valence-electron chi connectivity index (χ0n) is 19.6. The maximum atomic E-state index is 13.5. The van der Waals surface area contributed by atoms with Crippen molar-refractivity contribution in [3.05, 3.63) is 47.7 Å². The molecule has 2 aromatic heterocycles. The van der Waals surface area contributed by atoms with Crippen LogP contribution in [0.15, 0.2) is 30.6 Å². The fourth-order valence-electron chi connectivity index (χ4n) is 4.43. The molecule has 3 atom stereocenters. The Morgan fingerprint density at radius 1 is 1.33 bits per heavy atom. The largest absolute Gasteiger partial charge is 0.475 e. The van der Waals surface area contributed by atoms with E-state index in [1.165, 1.54) is 0 Å². The first-order valence-corrected chi connectivity index (χ1v) is 11.4. The topological polar surface area (TPSA) is 97.8 Å². The van der Waals surface area contributed by atoms with Gasteiger partial charge in [0.05, 0.1) is 25.1 Å². The highest BCUT2D eigenvalue weighted by Gasteiger charge is 2.45. The maximum absolute atomic E-state index is 13.5. The van der Waals surface area contributed by atoms with Crippen molar-refractivity contribution in [3.8, 4) is 5.88 Å². The highest BCUT2D eigenvalue weighted by molar-refractivity contribution is 5.90. The molecule has 0 aromatic carbocycles. The molecule has 0 spiro atoms. The van der Waals surface area contributed by atoms with Crippen molar-refractivity contribution in [2.45, 2.75) is 45.3 Å². The Labute approximate surface area is 194 Å². The zero-order valence-corrected chi connectivity index (χ0v) is 19.6. The summed E-state index contributed by atoms with van der Waals surface area (Å²) in [4.78, 5) is 42.5. The lowest BCUT2D eigenvalue weighted by Crippen LogP contribution is -2.50. The minimum absolute atomic E-state index is 0.0320. The summed E-state index contributed by atoms with van der Waals surface area (Å²) < 4.78 is 11.8. The fraction of sp³-hybridized carbons (Fsp3) is 0.542. The zero-order chi connectivity index (χ0) is 23.5. The first-order chi connectivity index (χ1) is 15.8. The molecule has 2 fully saturated rings. The standard InChI is InChI=1S/C24H31N5O4/c1-15(2)23-26-16(3)10-20(27-23)33-14-18-13-29(8-9-32-18)24(31)19-11-21(30)28(4)22(19)17-6-5-7-25-12-17/h5-7,10,12,15,18-19,22H,8-9,11,13-14H2,1-4H3/t18?,19-,22+/m0/s1. The van der Waals surface area contributed by atoms with Crippen LogP contribution in [0.1, 0.15) is 49.3 Å². The molecule has 2 aromatic rings. The number of hydrogen-bond acceptors (Lipinski definition) is 7. The molecule has 0 bridgehead atoms. The number of aromatic nitrogens is 3. The molecule has 0 N–H and O–H groups in total. The second kappa shape index (κ2) is 9.82. The third kappa shape index (κ3) is 5.13. The van der Waals surface area contributed by atoms with Gasteiger partial charge in [0.2, 0.25) is 17.7 Å².